The largest absolute Gasteiger partial charge is 0.326 e. The Hall–Kier alpha value is -2.92. The highest BCUT2D eigenvalue weighted by Crippen LogP contribution is 2.40. The topological polar surface area (TPSA) is 41.5 Å². The number of nitrogens with one attached hydrogen (secondary N) is 1. The van der Waals surface area contributed by atoms with Crippen LogP contribution in [0.25, 0.3) is 0 Å². The molecule has 0 bridgehead atoms. The third-order valence-corrected chi connectivity index (χ3v) is 5.88. The number of anilines is 1. The Morgan fingerprint density at radius 2 is 1.75 bits per heavy atom. The summed E-state index contributed by atoms with van der Waals surface area (Å²) in [5.74, 6) is -0.358. The highest BCUT2D eigenvalue weighted by molar-refractivity contribution is 8.01. The fourth-order valence-corrected chi connectivity index (χ4v) is 4.39. The van der Waals surface area contributed by atoms with E-state index in [9.17, 15) is 9.18 Å². The van der Waals surface area contributed by atoms with Crippen molar-refractivity contribution in [1.82, 2.24) is 0 Å². The van der Waals surface area contributed by atoms with Crippen LogP contribution in [-0.2, 0) is 4.79 Å². The van der Waals surface area contributed by atoms with E-state index in [1.807, 2.05) is 55.5 Å². The summed E-state index contributed by atoms with van der Waals surface area (Å²) < 4.78 is 13.4. The van der Waals surface area contributed by atoms with Gasteiger partial charge in [0.1, 0.15) is 5.82 Å². The molecule has 4 rings (SSSR count). The molecule has 0 saturated heterocycles. The van der Waals surface area contributed by atoms with E-state index < -0.39 is 0 Å². The van der Waals surface area contributed by atoms with Crippen molar-refractivity contribution in [1.29, 1.82) is 0 Å². The van der Waals surface area contributed by atoms with Gasteiger partial charge in [0.15, 0.2) is 0 Å². The van der Waals surface area contributed by atoms with Gasteiger partial charge in [0.05, 0.1) is 16.6 Å². The smallest absolute Gasteiger partial charge is 0.225 e. The first-order chi connectivity index (χ1) is 13.6. The zero-order valence-corrected chi connectivity index (χ0v) is 16.2. The van der Waals surface area contributed by atoms with Crippen molar-refractivity contribution < 1.29 is 9.18 Å². The molecule has 1 aliphatic heterocycles. The molecule has 1 heterocycles. The van der Waals surface area contributed by atoms with Crippen molar-refractivity contribution in [2.75, 3.05) is 5.32 Å². The van der Waals surface area contributed by atoms with Crippen molar-refractivity contribution in [2.45, 2.75) is 23.5 Å². The number of hydrogen-bond donors (Lipinski definition) is 1. The van der Waals surface area contributed by atoms with E-state index in [0.717, 1.165) is 33.1 Å². The lowest BCUT2D eigenvalue weighted by atomic mass is 10.0. The molecule has 0 spiro atoms. The van der Waals surface area contributed by atoms with Crippen LogP contribution in [0.3, 0.4) is 0 Å². The molecule has 3 nitrogen and oxygen atoms in total. The van der Waals surface area contributed by atoms with Gasteiger partial charge in [-0.3, -0.25) is 9.79 Å². The zero-order valence-electron chi connectivity index (χ0n) is 15.4. The van der Waals surface area contributed by atoms with Crippen LogP contribution in [0.2, 0.25) is 0 Å². The first-order valence-electron chi connectivity index (χ1n) is 9.06. The molecule has 5 heteroatoms. The molecule has 0 unspecified atom stereocenters. The van der Waals surface area contributed by atoms with Crippen molar-refractivity contribution in [3.05, 3.63) is 89.7 Å². The van der Waals surface area contributed by atoms with Gasteiger partial charge in [-0.05, 0) is 48.4 Å². The van der Waals surface area contributed by atoms with Gasteiger partial charge in [-0.1, -0.05) is 42.5 Å². The summed E-state index contributed by atoms with van der Waals surface area (Å²) in [5.41, 5.74) is 4.34. The number of benzene rings is 3. The summed E-state index contributed by atoms with van der Waals surface area (Å²) in [4.78, 5) is 18.6. The molecule has 1 aliphatic rings. The molecule has 1 amide bonds. The summed E-state index contributed by atoms with van der Waals surface area (Å²) >= 11 is 1.62. The average molecular weight is 390 g/mol. The minimum Gasteiger partial charge on any atom is -0.326 e. The van der Waals surface area contributed by atoms with Crippen molar-refractivity contribution in [2.24, 2.45) is 4.99 Å². The summed E-state index contributed by atoms with van der Waals surface area (Å²) in [6.45, 7) is 1.96. The minimum absolute atomic E-state index is 0.0685. The maximum atomic E-state index is 13.4. The number of thioether (sulfide) groups is 1. The van der Waals surface area contributed by atoms with Gasteiger partial charge in [-0.2, -0.15) is 0 Å². The molecule has 140 valence electrons. The second kappa shape index (κ2) is 7.98. The van der Waals surface area contributed by atoms with E-state index in [2.05, 4.69) is 5.32 Å². The number of para-hydroxylation sites is 2. The number of hydrogen-bond acceptors (Lipinski definition) is 3. The number of carbonyl (C=O) groups is 1. The summed E-state index contributed by atoms with van der Waals surface area (Å²) in [6, 6.07) is 21.9. The third-order valence-electron chi connectivity index (χ3n) is 4.61. The molecule has 0 radical (unpaired) electrons. The van der Waals surface area contributed by atoms with Crippen LogP contribution in [0.5, 0.6) is 0 Å². The monoisotopic (exact) mass is 390 g/mol. The lowest BCUT2D eigenvalue weighted by Crippen LogP contribution is -2.27. The molecular weight excluding hydrogens is 371 g/mol. The SMILES string of the molecule is Cc1ccccc1NC(=O)C[C@H]1Sc2ccccc2N=C1c1ccc(F)cc1. The number of rotatable bonds is 4. The molecule has 1 atom stereocenters. The second-order valence-corrected chi connectivity index (χ2v) is 7.89. The van der Waals surface area contributed by atoms with Gasteiger partial charge < -0.3 is 5.32 Å². The average Bonchev–Trinajstić information content (AvgIpc) is 2.70. The van der Waals surface area contributed by atoms with Crippen LogP contribution in [0, 0.1) is 12.7 Å². The number of amides is 1. The number of halogens is 1. The lowest BCUT2D eigenvalue weighted by molar-refractivity contribution is -0.116. The Bertz CT molecular complexity index is 1050. The predicted molar refractivity (Wildman–Crippen MR) is 113 cm³/mol. The van der Waals surface area contributed by atoms with Crippen LogP contribution < -0.4 is 5.32 Å². The molecule has 3 aromatic rings. The predicted octanol–water partition coefficient (Wildman–Crippen LogP) is 5.76. The van der Waals surface area contributed by atoms with Gasteiger partial charge in [0.2, 0.25) is 5.91 Å². The van der Waals surface area contributed by atoms with E-state index in [4.69, 9.17) is 4.99 Å². The Morgan fingerprint density at radius 1 is 1.04 bits per heavy atom. The molecular formula is C23H19FN2OS. The number of aryl methyl sites for hydroxylation is 1. The summed E-state index contributed by atoms with van der Waals surface area (Å²) in [6.07, 6.45) is 0.281. The Labute approximate surface area is 167 Å². The summed E-state index contributed by atoms with van der Waals surface area (Å²) in [7, 11) is 0. The number of aliphatic imine (C=N–C) groups is 1. The molecule has 0 aromatic heterocycles. The minimum atomic E-state index is -0.290. The Kier molecular flexibility index (Phi) is 5.26. The van der Waals surface area contributed by atoms with Crippen molar-refractivity contribution in [3.63, 3.8) is 0 Å². The van der Waals surface area contributed by atoms with Gasteiger partial charge in [-0.15, -0.1) is 11.8 Å². The third kappa shape index (κ3) is 3.99. The van der Waals surface area contributed by atoms with Crippen LogP contribution in [0.4, 0.5) is 15.8 Å². The van der Waals surface area contributed by atoms with E-state index in [0.29, 0.717) is 0 Å². The zero-order chi connectivity index (χ0) is 19.5. The molecule has 0 fully saturated rings. The second-order valence-electron chi connectivity index (χ2n) is 6.65. The van der Waals surface area contributed by atoms with Crippen molar-refractivity contribution >= 4 is 34.8 Å². The molecule has 1 N–H and O–H groups in total. The van der Waals surface area contributed by atoms with Gasteiger partial charge in [-0.25, -0.2) is 4.39 Å². The maximum Gasteiger partial charge on any atom is 0.225 e. The normalized spacial score (nSPS) is 15.5. The van der Waals surface area contributed by atoms with Crippen molar-refractivity contribution in [3.8, 4) is 0 Å². The van der Waals surface area contributed by atoms with E-state index in [1.54, 1.807) is 23.9 Å². The van der Waals surface area contributed by atoms with Crippen LogP contribution in [0.1, 0.15) is 17.5 Å². The number of nitrogens with zero attached hydrogens (tertiary/aromatic N) is 1. The van der Waals surface area contributed by atoms with Gasteiger partial charge in [0, 0.05) is 17.0 Å². The molecule has 3 aromatic carbocycles. The highest BCUT2D eigenvalue weighted by Gasteiger charge is 2.27. The van der Waals surface area contributed by atoms with E-state index in [-0.39, 0.29) is 23.4 Å². The van der Waals surface area contributed by atoms with Gasteiger partial charge in [0.25, 0.3) is 0 Å². The number of carbonyl (C=O) groups excluding carboxylic acids is 1. The Balaban J connectivity index is 1.61. The van der Waals surface area contributed by atoms with E-state index >= 15 is 0 Å². The summed E-state index contributed by atoms with van der Waals surface area (Å²) in [5, 5.41) is 2.85. The van der Waals surface area contributed by atoms with Gasteiger partial charge >= 0.3 is 0 Å². The molecule has 0 aliphatic carbocycles. The highest BCUT2D eigenvalue weighted by atomic mass is 32.2. The van der Waals surface area contributed by atoms with Crippen LogP contribution >= 0.6 is 11.8 Å². The standard InChI is InChI=1S/C23H19FN2OS/c1-15-6-2-3-7-18(15)25-22(27)14-21-23(16-10-12-17(24)13-11-16)26-19-8-4-5-9-20(19)28-21/h2-13,21H,14H2,1H3,(H,25,27)/t21-/m1/s1. The Morgan fingerprint density at radius 3 is 2.54 bits per heavy atom. The van der Waals surface area contributed by atoms with Crippen LogP contribution in [-0.4, -0.2) is 16.9 Å². The number of fused-ring (bicyclic) bond motifs is 1. The molecule has 28 heavy (non-hydrogen) atoms. The first kappa shape index (κ1) is 18.4. The first-order valence-corrected chi connectivity index (χ1v) is 9.94. The molecule has 0 saturated carbocycles. The fourth-order valence-electron chi connectivity index (χ4n) is 3.15. The maximum absolute atomic E-state index is 13.4. The quantitative estimate of drug-likeness (QED) is 0.615. The van der Waals surface area contributed by atoms with Crippen LogP contribution in [0.15, 0.2) is 82.7 Å². The van der Waals surface area contributed by atoms with E-state index in [1.165, 1.54) is 12.1 Å². The fraction of sp³-hybridized carbons (Fsp3) is 0.130. The lowest BCUT2D eigenvalue weighted by Gasteiger charge is -2.24.